The number of rotatable bonds is 5. The van der Waals surface area contributed by atoms with Crippen LogP contribution in [0.2, 0.25) is 0 Å². The summed E-state index contributed by atoms with van der Waals surface area (Å²) in [5.74, 6) is 0.0155. The molecule has 5 rings (SSSR count). The van der Waals surface area contributed by atoms with E-state index in [4.69, 9.17) is 9.72 Å². The van der Waals surface area contributed by atoms with E-state index in [1.165, 1.54) is 16.2 Å². The number of fused-ring (bicyclic) bond motifs is 1. The zero-order chi connectivity index (χ0) is 25.4. The van der Waals surface area contributed by atoms with Crippen LogP contribution < -0.4 is 15.0 Å². The molecule has 0 fully saturated rings. The molecule has 0 bridgehead atoms. The Hall–Kier alpha value is -4.04. The largest absolute Gasteiger partial charge is 0.479 e. The standard InChI is InChI=1S/C28H26N4O3S/c1-16-8-9-17(2)22(13-16)30-26(33)18(3)32-24-14-20(10-11-25(24)35-19(4)28(32)34)23-15-36-27(31-23)21-7-5-6-12-29-21/h5-15,18-19H,1-4H3,(H,30,33). The van der Waals surface area contributed by atoms with Crippen molar-refractivity contribution in [3.63, 3.8) is 0 Å². The van der Waals surface area contributed by atoms with Crippen molar-refractivity contribution in [1.29, 1.82) is 0 Å². The molecule has 0 aliphatic carbocycles. The maximum absolute atomic E-state index is 13.3. The molecule has 1 aliphatic rings. The van der Waals surface area contributed by atoms with Crippen LogP contribution in [0.3, 0.4) is 0 Å². The van der Waals surface area contributed by atoms with Gasteiger partial charge in [0.05, 0.1) is 17.1 Å². The van der Waals surface area contributed by atoms with Crippen LogP contribution in [-0.4, -0.2) is 33.9 Å². The fraction of sp³-hybridized carbons (Fsp3) is 0.214. The van der Waals surface area contributed by atoms with Gasteiger partial charge >= 0.3 is 0 Å². The van der Waals surface area contributed by atoms with Crippen molar-refractivity contribution in [2.24, 2.45) is 0 Å². The lowest BCUT2D eigenvalue weighted by molar-refractivity contribution is -0.128. The number of carbonyl (C=O) groups is 2. The molecule has 4 aromatic rings. The number of amides is 2. The fourth-order valence-corrected chi connectivity index (χ4v) is 4.96. The van der Waals surface area contributed by atoms with Gasteiger partial charge in [0.15, 0.2) is 6.10 Å². The van der Waals surface area contributed by atoms with Crippen molar-refractivity contribution in [1.82, 2.24) is 9.97 Å². The molecule has 0 spiro atoms. The number of pyridine rings is 1. The Morgan fingerprint density at radius 1 is 1.11 bits per heavy atom. The number of ether oxygens (including phenoxy) is 1. The minimum absolute atomic E-state index is 0.268. The number of carbonyl (C=O) groups excluding carboxylic acids is 2. The van der Waals surface area contributed by atoms with Gasteiger partial charge in [-0.1, -0.05) is 18.2 Å². The highest BCUT2D eigenvalue weighted by Crippen LogP contribution is 2.39. The van der Waals surface area contributed by atoms with Crippen molar-refractivity contribution < 1.29 is 14.3 Å². The van der Waals surface area contributed by atoms with E-state index in [0.29, 0.717) is 11.4 Å². The minimum atomic E-state index is -0.753. The summed E-state index contributed by atoms with van der Waals surface area (Å²) in [7, 11) is 0. The summed E-state index contributed by atoms with van der Waals surface area (Å²) in [6.07, 6.45) is 1.04. The van der Waals surface area contributed by atoms with E-state index in [9.17, 15) is 9.59 Å². The van der Waals surface area contributed by atoms with Crippen molar-refractivity contribution in [2.75, 3.05) is 10.2 Å². The fourth-order valence-electron chi connectivity index (χ4n) is 4.16. The van der Waals surface area contributed by atoms with E-state index < -0.39 is 12.1 Å². The number of thiazole rings is 1. The first kappa shape index (κ1) is 23.7. The summed E-state index contributed by atoms with van der Waals surface area (Å²) in [5.41, 5.74) is 5.68. The van der Waals surface area contributed by atoms with Gasteiger partial charge in [0.1, 0.15) is 16.8 Å². The Balaban J connectivity index is 1.47. The van der Waals surface area contributed by atoms with Gasteiger partial charge in [-0.05, 0) is 75.2 Å². The predicted octanol–water partition coefficient (Wildman–Crippen LogP) is 5.63. The van der Waals surface area contributed by atoms with Crippen LogP contribution in [0.5, 0.6) is 5.75 Å². The van der Waals surface area contributed by atoms with Crippen LogP contribution in [0.15, 0.2) is 66.2 Å². The molecule has 2 unspecified atom stereocenters. The summed E-state index contributed by atoms with van der Waals surface area (Å²) in [6, 6.07) is 16.4. The van der Waals surface area contributed by atoms with Crippen LogP contribution in [0, 0.1) is 13.8 Å². The molecule has 1 aliphatic heterocycles. The van der Waals surface area contributed by atoms with Crippen LogP contribution >= 0.6 is 11.3 Å². The Kier molecular flexibility index (Phi) is 6.28. The molecule has 0 radical (unpaired) electrons. The first-order valence-electron chi connectivity index (χ1n) is 11.7. The lowest BCUT2D eigenvalue weighted by Crippen LogP contribution is -2.52. The zero-order valence-corrected chi connectivity index (χ0v) is 21.3. The van der Waals surface area contributed by atoms with Crippen LogP contribution in [0.1, 0.15) is 25.0 Å². The second-order valence-corrected chi connectivity index (χ2v) is 9.75. The first-order valence-corrected chi connectivity index (χ1v) is 12.6. The monoisotopic (exact) mass is 498 g/mol. The van der Waals surface area contributed by atoms with E-state index in [-0.39, 0.29) is 11.8 Å². The van der Waals surface area contributed by atoms with Gasteiger partial charge in [0.2, 0.25) is 5.91 Å². The normalized spacial score (nSPS) is 15.7. The quantitative estimate of drug-likeness (QED) is 0.386. The highest BCUT2D eigenvalue weighted by atomic mass is 32.1. The first-order chi connectivity index (χ1) is 17.3. The van der Waals surface area contributed by atoms with Crippen molar-refractivity contribution in [2.45, 2.75) is 39.8 Å². The van der Waals surface area contributed by atoms with Crippen LogP contribution in [-0.2, 0) is 9.59 Å². The molecular formula is C28H26N4O3S. The molecule has 2 atom stereocenters. The number of benzene rings is 2. The van der Waals surface area contributed by atoms with Crippen LogP contribution in [0.25, 0.3) is 22.0 Å². The molecular weight excluding hydrogens is 472 g/mol. The lowest BCUT2D eigenvalue weighted by Gasteiger charge is -2.36. The van der Waals surface area contributed by atoms with Gasteiger partial charge in [-0.15, -0.1) is 11.3 Å². The summed E-state index contributed by atoms with van der Waals surface area (Å²) in [4.78, 5) is 37.2. The van der Waals surface area contributed by atoms with Gasteiger partial charge in [-0.2, -0.15) is 0 Å². The van der Waals surface area contributed by atoms with Gasteiger partial charge < -0.3 is 10.1 Å². The summed E-state index contributed by atoms with van der Waals surface area (Å²) >= 11 is 1.50. The third-order valence-corrected chi connectivity index (χ3v) is 7.07. The highest BCUT2D eigenvalue weighted by molar-refractivity contribution is 7.13. The maximum Gasteiger partial charge on any atom is 0.268 e. The molecule has 2 amide bonds. The van der Waals surface area contributed by atoms with Crippen molar-refractivity contribution in [3.8, 4) is 27.7 Å². The average Bonchev–Trinajstić information content (AvgIpc) is 3.37. The van der Waals surface area contributed by atoms with E-state index in [1.807, 2.05) is 73.8 Å². The smallest absolute Gasteiger partial charge is 0.268 e. The summed E-state index contributed by atoms with van der Waals surface area (Å²) < 4.78 is 5.87. The third kappa shape index (κ3) is 4.47. The number of hydrogen-bond donors (Lipinski definition) is 1. The van der Waals surface area contributed by atoms with E-state index in [0.717, 1.165) is 38.8 Å². The Morgan fingerprint density at radius 2 is 1.94 bits per heavy atom. The Morgan fingerprint density at radius 3 is 2.72 bits per heavy atom. The molecule has 8 heteroatoms. The Labute approximate surface area is 213 Å². The van der Waals surface area contributed by atoms with Gasteiger partial charge in [0.25, 0.3) is 5.91 Å². The van der Waals surface area contributed by atoms with Gasteiger partial charge in [-0.3, -0.25) is 19.5 Å². The topological polar surface area (TPSA) is 84.4 Å². The number of aromatic nitrogens is 2. The maximum atomic E-state index is 13.3. The average molecular weight is 499 g/mol. The number of nitrogens with zero attached hydrogens (tertiary/aromatic N) is 3. The van der Waals surface area contributed by atoms with Crippen molar-refractivity contribution >= 4 is 34.5 Å². The summed E-state index contributed by atoms with van der Waals surface area (Å²) in [6.45, 7) is 7.34. The molecule has 2 aromatic heterocycles. The number of hydrogen-bond acceptors (Lipinski definition) is 6. The molecule has 0 saturated heterocycles. The second kappa shape index (κ2) is 9.54. The number of nitrogens with one attached hydrogen (secondary N) is 1. The van der Waals surface area contributed by atoms with Gasteiger partial charge in [0, 0.05) is 22.8 Å². The zero-order valence-electron chi connectivity index (χ0n) is 20.5. The Bertz CT molecular complexity index is 1450. The minimum Gasteiger partial charge on any atom is -0.479 e. The molecule has 1 N–H and O–H groups in total. The number of aryl methyl sites for hydroxylation is 2. The summed E-state index contributed by atoms with van der Waals surface area (Å²) in [5, 5.41) is 5.76. The highest BCUT2D eigenvalue weighted by Gasteiger charge is 2.37. The SMILES string of the molecule is Cc1ccc(C)c(NC(=O)C(C)N2C(=O)C(C)Oc3ccc(-c4csc(-c5ccccn5)n4)cc32)c1. The van der Waals surface area contributed by atoms with Crippen LogP contribution in [0.4, 0.5) is 11.4 Å². The molecule has 3 heterocycles. The molecule has 2 aromatic carbocycles. The second-order valence-electron chi connectivity index (χ2n) is 8.89. The van der Waals surface area contributed by atoms with Crippen molar-refractivity contribution in [3.05, 3.63) is 77.3 Å². The predicted molar refractivity (Wildman–Crippen MR) is 142 cm³/mol. The van der Waals surface area contributed by atoms with E-state index in [1.54, 1.807) is 20.0 Å². The third-order valence-electron chi connectivity index (χ3n) is 6.21. The number of anilines is 2. The lowest BCUT2D eigenvalue weighted by atomic mass is 10.1. The molecule has 7 nitrogen and oxygen atoms in total. The molecule has 182 valence electrons. The van der Waals surface area contributed by atoms with Gasteiger partial charge in [-0.25, -0.2) is 4.98 Å². The van der Waals surface area contributed by atoms with E-state index >= 15 is 0 Å². The molecule has 0 saturated carbocycles. The van der Waals surface area contributed by atoms with E-state index in [2.05, 4.69) is 10.3 Å². The molecule has 36 heavy (non-hydrogen) atoms.